The Balaban J connectivity index is 1.65. The molecule has 0 saturated carbocycles. The van der Waals surface area contributed by atoms with Crippen LogP contribution in [0.15, 0.2) is 24.3 Å². The molecular formula is C24H33N5O2. The van der Waals surface area contributed by atoms with Gasteiger partial charge in [0, 0.05) is 36.5 Å². The summed E-state index contributed by atoms with van der Waals surface area (Å²) in [6.45, 7) is 4.98. The molecule has 0 aliphatic carbocycles. The van der Waals surface area contributed by atoms with Crippen molar-refractivity contribution in [1.82, 2.24) is 19.8 Å². The molecule has 3 heterocycles. The molecule has 7 heteroatoms. The standard InChI is InChI=1S/C24H33N5O2/c1-17-19-10-7-13-28(15-18-9-5-6-12-21(18)31-4)24(19)26-23(25-17)20-11-8-14-29(20)22(30)16-27(2)3/h5-6,9,12,20H,7-8,10-11,13-16H2,1-4H3. The number of ether oxygens (including phenoxy) is 1. The number of hydrogen-bond donors (Lipinski definition) is 0. The molecule has 1 saturated heterocycles. The number of likely N-dealkylation sites (N-methyl/N-ethyl adjacent to an activating group) is 1. The van der Waals surface area contributed by atoms with E-state index < -0.39 is 0 Å². The van der Waals surface area contributed by atoms with E-state index in [4.69, 9.17) is 14.7 Å². The smallest absolute Gasteiger partial charge is 0.237 e. The normalized spacial score (nSPS) is 18.4. The number of aryl methyl sites for hydroxylation is 1. The van der Waals surface area contributed by atoms with Gasteiger partial charge in [0.2, 0.25) is 5.91 Å². The van der Waals surface area contributed by atoms with Gasteiger partial charge in [0.15, 0.2) is 5.82 Å². The van der Waals surface area contributed by atoms with Crippen LogP contribution < -0.4 is 9.64 Å². The van der Waals surface area contributed by atoms with E-state index in [0.29, 0.717) is 6.54 Å². The third-order valence-corrected chi connectivity index (χ3v) is 6.24. The van der Waals surface area contributed by atoms with Crippen LogP contribution in [0, 0.1) is 6.92 Å². The van der Waals surface area contributed by atoms with Crippen molar-refractivity contribution in [2.45, 2.75) is 45.2 Å². The molecule has 2 aromatic rings. The number of methoxy groups -OCH3 is 1. The number of hydrogen-bond acceptors (Lipinski definition) is 6. The van der Waals surface area contributed by atoms with E-state index in [1.54, 1.807) is 7.11 Å². The largest absolute Gasteiger partial charge is 0.496 e. The van der Waals surface area contributed by atoms with Gasteiger partial charge < -0.3 is 19.4 Å². The Kier molecular flexibility index (Phi) is 6.41. The van der Waals surface area contributed by atoms with Crippen LogP contribution >= 0.6 is 0 Å². The molecule has 7 nitrogen and oxygen atoms in total. The lowest BCUT2D eigenvalue weighted by molar-refractivity contribution is -0.132. The van der Waals surface area contributed by atoms with Gasteiger partial charge in [-0.25, -0.2) is 9.97 Å². The van der Waals surface area contributed by atoms with E-state index in [9.17, 15) is 4.79 Å². The molecule has 0 N–H and O–H groups in total. The van der Waals surface area contributed by atoms with E-state index in [1.165, 1.54) is 5.56 Å². The summed E-state index contributed by atoms with van der Waals surface area (Å²) in [6, 6.07) is 8.12. The highest BCUT2D eigenvalue weighted by atomic mass is 16.5. The van der Waals surface area contributed by atoms with Gasteiger partial charge in [-0.1, -0.05) is 18.2 Å². The number of aromatic nitrogens is 2. The summed E-state index contributed by atoms with van der Waals surface area (Å²) in [7, 11) is 5.57. The molecular weight excluding hydrogens is 390 g/mol. The zero-order valence-corrected chi connectivity index (χ0v) is 19.1. The van der Waals surface area contributed by atoms with E-state index in [-0.39, 0.29) is 11.9 Å². The van der Waals surface area contributed by atoms with E-state index in [1.807, 2.05) is 42.1 Å². The maximum atomic E-state index is 12.8. The number of benzene rings is 1. The minimum atomic E-state index is -0.0357. The molecule has 0 spiro atoms. The van der Waals surface area contributed by atoms with Crippen molar-refractivity contribution in [3.05, 3.63) is 46.9 Å². The van der Waals surface area contributed by atoms with Gasteiger partial charge in [-0.05, 0) is 52.8 Å². The molecule has 0 radical (unpaired) electrons. The maximum Gasteiger partial charge on any atom is 0.237 e. The number of carbonyl (C=O) groups is 1. The zero-order chi connectivity index (χ0) is 22.0. The minimum Gasteiger partial charge on any atom is -0.496 e. The highest BCUT2D eigenvalue weighted by molar-refractivity contribution is 5.79. The van der Waals surface area contributed by atoms with E-state index in [2.05, 4.69) is 17.9 Å². The molecule has 31 heavy (non-hydrogen) atoms. The number of carbonyl (C=O) groups excluding carboxylic acids is 1. The molecule has 1 fully saturated rings. The Morgan fingerprint density at radius 2 is 2.00 bits per heavy atom. The Morgan fingerprint density at radius 1 is 1.19 bits per heavy atom. The molecule has 1 unspecified atom stereocenters. The molecule has 4 rings (SSSR count). The van der Waals surface area contributed by atoms with Gasteiger partial charge in [-0.15, -0.1) is 0 Å². The number of anilines is 1. The van der Waals surface area contributed by atoms with Gasteiger partial charge in [-0.3, -0.25) is 4.79 Å². The van der Waals surface area contributed by atoms with Crippen molar-refractivity contribution in [3.63, 3.8) is 0 Å². The number of nitrogens with zero attached hydrogens (tertiary/aromatic N) is 5. The number of amides is 1. The second-order valence-corrected chi connectivity index (χ2v) is 8.79. The molecule has 1 aromatic carbocycles. The first-order valence-electron chi connectivity index (χ1n) is 11.2. The topological polar surface area (TPSA) is 61.8 Å². The first-order valence-corrected chi connectivity index (χ1v) is 11.2. The second kappa shape index (κ2) is 9.22. The van der Waals surface area contributed by atoms with Gasteiger partial charge in [0.05, 0.1) is 19.7 Å². The monoisotopic (exact) mass is 423 g/mol. The molecule has 2 aliphatic heterocycles. The highest BCUT2D eigenvalue weighted by Crippen LogP contribution is 2.35. The first-order chi connectivity index (χ1) is 15.0. The average molecular weight is 424 g/mol. The van der Waals surface area contributed by atoms with Crippen LogP contribution in [0.3, 0.4) is 0 Å². The van der Waals surface area contributed by atoms with E-state index >= 15 is 0 Å². The van der Waals surface area contributed by atoms with Gasteiger partial charge in [0.1, 0.15) is 11.6 Å². The number of rotatable bonds is 6. The van der Waals surface area contributed by atoms with Crippen molar-refractivity contribution < 1.29 is 9.53 Å². The Labute approximate surface area is 185 Å². The molecule has 2 aliphatic rings. The predicted molar refractivity (Wildman–Crippen MR) is 121 cm³/mol. The van der Waals surface area contributed by atoms with Crippen LogP contribution in [0.5, 0.6) is 5.75 Å². The summed E-state index contributed by atoms with van der Waals surface area (Å²) >= 11 is 0. The Bertz CT molecular complexity index is 946. The van der Waals surface area contributed by atoms with Crippen LogP contribution in [-0.4, -0.2) is 66.5 Å². The first kappa shape index (κ1) is 21.6. The van der Waals surface area contributed by atoms with Gasteiger partial charge >= 0.3 is 0 Å². The summed E-state index contributed by atoms with van der Waals surface area (Å²) < 4.78 is 5.57. The van der Waals surface area contributed by atoms with Gasteiger partial charge in [0.25, 0.3) is 0 Å². The van der Waals surface area contributed by atoms with E-state index in [0.717, 1.165) is 74.0 Å². The van der Waals surface area contributed by atoms with Crippen LogP contribution in [0.1, 0.15) is 47.9 Å². The fraction of sp³-hybridized carbons (Fsp3) is 0.542. The summed E-state index contributed by atoms with van der Waals surface area (Å²) in [6.07, 6.45) is 4.00. The maximum absolute atomic E-state index is 12.8. The van der Waals surface area contributed by atoms with Crippen molar-refractivity contribution in [2.75, 3.05) is 45.7 Å². The summed E-state index contributed by atoms with van der Waals surface area (Å²) in [5.74, 6) is 2.86. The molecule has 1 amide bonds. The lowest BCUT2D eigenvalue weighted by Gasteiger charge is -2.33. The zero-order valence-electron chi connectivity index (χ0n) is 19.1. The van der Waals surface area contributed by atoms with Crippen LogP contribution in [0.4, 0.5) is 5.82 Å². The molecule has 166 valence electrons. The molecule has 1 atom stereocenters. The number of likely N-dealkylation sites (tertiary alicyclic amines) is 1. The molecule has 0 bridgehead atoms. The average Bonchev–Trinajstić information content (AvgIpc) is 3.24. The van der Waals surface area contributed by atoms with Crippen molar-refractivity contribution in [1.29, 1.82) is 0 Å². The second-order valence-electron chi connectivity index (χ2n) is 8.79. The Morgan fingerprint density at radius 3 is 2.77 bits per heavy atom. The van der Waals surface area contributed by atoms with Crippen LogP contribution in [0.25, 0.3) is 0 Å². The van der Waals surface area contributed by atoms with Crippen molar-refractivity contribution >= 4 is 11.7 Å². The summed E-state index contributed by atoms with van der Waals surface area (Å²) in [5.41, 5.74) is 3.42. The minimum absolute atomic E-state index is 0.0357. The number of para-hydroxylation sites is 1. The third kappa shape index (κ3) is 4.51. The SMILES string of the molecule is COc1ccccc1CN1CCCc2c(C)nc(C3CCCN3C(=O)CN(C)C)nc21. The summed E-state index contributed by atoms with van der Waals surface area (Å²) in [5, 5.41) is 0. The van der Waals surface area contributed by atoms with Crippen LogP contribution in [0.2, 0.25) is 0 Å². The lowest BCUT2D eigenvalue weighted by atomic mass is 10.0. The lowest BCUT2D eigenvalue weighted by Crippen LogP contribution is -2.38. The van der Waals surface area contributed by atoms with Crippen LogP contribution in [-0.2, 0) is 17.8 Å². The highest BCUT2D eigenvalue weighted by Gasteiger charge is 2.34. The third-order valence-electron chi connectivity index (χ3n) is 6.24. The Hall–Kier alpha value is -2.67. The predicted octanol–water partition coefficient (Wildman–Crippen LogP) is 2.97. The fourth-order valence-corrected chi connectivity index (χ4v) is 4.75. The molecule has 1 aromatic heterocycles. The van der Waals surface area contributed by atoms with Gasteiger partial charge in [-0.2, -0.15) is 0 Å². The number of fused-ring (bicyclic) bond motifs is 1. The van der Waals surface area contributed by atoms with Crippen molar-refractivity contribution in [3.8, 4) is 5.75 Å². The fourth-order valence-electron chi connectivity index (χ4n) is 4.75. The van der Waals surface area contributed by atoms with Crippen molar-refractivity contribution in [2.24, 2.45) is 0 Å². The quantitative estimate of drug-likeness (QED) is 0.712. The summed E-state index contributed by atoms with van der Waals surface area (Å²) in [4.78, 5) is 29.0.